The van der Waals surface area contributed by atoms with Crippen LogP contribution in [0, 0.1) is 0 Å². The Hall–Kier alpha value is -2.82. The van der Waals surface area contributed by atoms with Crippen molar-refractivity contribution in [3.05, 3.63) is 65.0 Å². The number of esters is 1. The van der Waals surface area contributed by atoms with Crippen LogP contribution in [0.4, 0.5) is 0 Å². The Morgan fingerprint density at radius 2 is 2.04 bits per heavy atom. The average Bonchev–Trinajstić information content (AvgIpc) is 3.17. The lowest BCUT2D eigenvalue weighted by Crippen LogP contribution is -2.14. The van der Waals surface area contributed by atoms with Gasteiger partial charge < -0.3 is 13.8 Å². The summed E-state index contributed by atoms with van der Waals surface area (Å²) in [6.07, 6.45) is 4.65. The van der Waals surface area contributed by atoms with Crippen molar-refractivity contribution in [3.63, 3.8) is 0 Å². The van der Waals surface area contributed by atoms with E-state index in [2.05, 4.69) is 17.3 Å². The number of benzene rings is 1. The smallest absolute Gasteiger partial charge is 0.354 e. The van der Waals surface area contributed by atoms with Crippen LogP contribution in [0.25, 0.3) is 11.5 Å². The van der Waals surface area contributed by atoms with E-state index < -0.39 is 0 Å². The second kappa shape index (κ2) is 6.59. The molecule has 0 amide bonds. The Bertz CT molecular complexity index is 893. The van der Waals surface area contributed by atoms with Crippen molar-refractivity contribution in [2.45, 2.75) is 32.7 Å². The minimum absolute atomic E-state index is 0.299. The third kappa shape index (κ3) is 2.86. The molecule has 1 aliphatic rings. The number of fused-ring (bicyclic) bond motifs is 3. The van der Waals surface area contributed by atoms with Gasteiger partial charge in [0.05, 0.1) is 18.5 Å². The molecular formula is C20H20N2O3. The van der Waals surface area contributed by atoms with Gasteiger partial charge in [0.1, 0.15) is 5.69 Å². The van der Waals surface area contributed by atoms with Crippen LogP contribution in [0.5, 0.6) is 0 Å². The fourth-order valence-corrected chi connectivity index (χ4v) is 3.47. The molecule has 2 aromatic heterocycles. The summed E-state index contributed by atoms with van der Waals surface area (Å²) >= 11 is 0. The topological polar surface area (TPSA) is 57.3 Å². The van der Waals surface area contributed by atoms with E-state index in [0.29, 0.717) is 18.8 Å². The van der Waals surface area contributed by atoms with Crippen LogP contribution < -0.4 is 0 Å². The normalized spacial score (nSPS) is 13.0. The average molecular weight is 336 g/mol. The Morgan fingerprint density at radius 3 is 2.84 bits per heavy atom. The Labute approximate surface area is 146 Å². The molecule has 0 saturated heterocycles. The molecule has 4 rings (SSSR count). The molecule has 3 aromatic rings. The Morgan fingerprint density at radius 1 is 1.24 bits per heavy atom. The largest absolute Gasteiger partial charge is 0.461 e. The van der Waals surface area contributed by atoms with Crippen molar-refractivity contribution >= 4 is 5.97 Å². The fourth-order valence-electron chi connectivity index (χ4n) is 3.47. The Balaban J connectivity index is 1.88. The van der Waals surface area contributed by atoms with Gasteiger partial charge in [-0.3, -0.25) is 0 Å². The number of ether oxygens (including phenoxy) is 1. The fraction of sp³-hybridized carbons (Fsp3) is 0.300. The van der Waals surface area contributed by atoms with Gasteiger partial charge in [-0.2, -0.15) is 0 Å². The molecule has 0 atom stereocenters. The minimum Gasteiger partial charge on any atom is -0.461 e. The summed E-state index contributed by atoms with van der Waals surface area (Å²) in [6, 6.07) is 12.1. The molecule has 0 saturated carbocycles. The highest BCUT2D eigenvalue weighted by molar-refractivity contribution is 5.90. The molecule has 0 radical (unpaired) electrons. The van der Waals surface area contributed by atoms with Crippen molar-refractivity contribution in [2.24, 2.45) is 0 Å². The van der Waals surface area contributed by atoms with Crippen LogP contribution in [-0.2, 0) is 24.1 Å². The van der Waals surface area contributed by atoms with Gasteiger partial charge in [-0.05, 0) is 43.4 Å². The van der Waals surface area contributed by atoms with E-state index in [4.69, 9.17) is 9.26 Å². The highest BCUT2D eigenvalue weighted by atomic mass is 16.5. The van der Waals surface area contributed by atoms with Crippen molar-refractivity contribution in [1.29, 1.82) is 0 Å². The van der Waals surface area contributed by atoms with Crippen LogP contribution in [0.1, 0.15) is 40.5 Å². The molecule has 1 aliphatic carbocycles. The van der Waals surface area contributed by atoms with Gasteiger partial charge in [0.2, 0.25) is 0 Å². The van der Waals surface area contributed by atoms with E-state index in [-0.39, 0.29) is 5.97 Å². The number of carbonyl (C=O) groups is 1. The molecule has 0 unspecified atom stereocenters. The van der Waals surface area contributed by atoms with Crippen molar-refractivity contribution in [3.8, 4) is 11.5 Å². The summed E-state index contributed by atoms with van der Waals surface area (Å²) in [4.78, 5) is 12.5. The maximum absolute atomic E-state index is 12.5. The second-order valence-electron chi connectivity index (χ2n) is 6.23. The molecule has 2 heterocycles. The number of carbonyl (C=O) groups excluding carboxylic acids is 1. The summed E-state index contributed by atoms with van der Waals surface area (Å²) in [5.41, 5.74) is 4.87. The first-order valence-electron chi connectivity index (χ1n) is 8.65. The zero-order chi connectivity index (χ0) is 17.2. The van der Waals surface area contributed by atoms with E-state index >= 15 is 0 Å². The van der Waals surface area contributed by atoms with Gasteiger partial charge in [0, 0.05) is 12.1 Å². The quantitative estimate of drug-likeness (QED) is 0.679. The lowest BCUT2D eigenvalue weighted by molar-refractivity contribution is 0.0514. The van der Waals surface area contributed by atoms with Crippen LogP contribution in [0.2, 0.25) is 0 Å². The first-order valence-corrected chi connectivity index (χ1v) is 8.65. The number of hydrogen-bond donors (Lipinski definition) is 0. The SMILES string of the molecule is CCOC(=O)c1cc2c(n1Cc1ccccc1)-c1oncc1CCC2. The van der Waals surface area contributed by atoms with Crippen LogP contribution in [-0.4, -0.2) is 22.3 Å². The maximum atomic E-state index is 12.5. The van der Waals surface area contributed by atoms with E-state index in [9.17, 15) is 4.79 Å². The molecular weight excluding hydrogens is 316 g/mol. The molecule has 5 heteroatoms. The lowest BCUT2D eigenvalue weighted by atomic mass is 10.1. The van der Waals surface area contributed by atoms with Crippen LogP contribution in [0.3, 0.4) is 0 Å². The van der Waals surface area contributed by atoms with Gasteiger partial charge in [-0.15, -0.1) is 0 Å². The second-order valence-corrected chi connectivity index (χ2v) is 6.23. The summed E-state index contributed by atoms with van der Waals surface area (Å²) in [5, 5.41) is 3.98. The predicted octanol–water partition coefficient (Wildman–Crippen LogP) is 3.86. The molecule has 1 aromatic carbocycles. The first kappa shape index (κ1) is 15.7. The van der Waals surface area contributed by atoms with Crippen molar-refractivity contribution < 1.29 is 14.1 Å². The van der Waals surface area contributed by atoms with Gasteiger partial charge >= 0.3 is 5.97 Å². The summed E-state index contributed by atoms with van der Waals surface area (Å²) in [5.74, 6) is 0.478. The van der Waals surface area contributed by atoms with Crippen LogP contribution >= 0.6 is 0 Å². The van der Waals surface area contributed by atoms with Gasteiger partial charge in [-0.1, -0.05) is 35.5 Å². The molecule has 128 valence electrons. The number of aromatic nitrogens is 2. The first-order chi connectivity index (χ1) is 12.3. The highest BCUT2D eigenvalue weighted by Gasteiger charge is 2.27. The monoisotopic (exact) mass is 336 g/mol. The zero-order valence-corrected chi connectivity index (χ0v) is 14.2. The number of nitrogens with zero attached hydrogens (tertiary/aromatic N) is 2. The summed E-state index contributed by atoms with van der Waals surface area (Å²) in [7, 11) is 0. The standard InChI is InChI=1S/C20H20N2O3/c1-2-24-20(23)17-11-15-9-6-10-16-12-21-25-19(16)18(15)22(17)13-14-7-4-3-5-8-14/h3-5,7-8,11-12H,2,6,9-10,13H2,1H3. The maximum Gasteiger partial charge on any atom is 0.354 e. The number of rotatable bonds is 4. The Kier molecular flexibility index (Phi) is 4.14. The van der Waals surface area contributed by atoms with E-state index in [1.165, 1.54) is 0 Å². The van der Waals surface area contributed by atoms with E-state index in [0.717, 1.165) is 47.4 Å². The molecule has 0 fully saturated rings. The van der Waals surface area contributed by atoms with Crippen molar-refractivity contribution in [1.82, 2.24) is 9.72 Å². The van der Waals surface area contributed by atoms with Gasteiger partial charge in [-0.25, -0.2) is 4.79 Å². The predicted molar refractivity (Wildman–Crippen MR) is 93.5 cm³/mol. The summed E-state index contributed by atoms with van der Waals surface area (Å²) in [6.45, 7) is 2.76. The van der Waals surface area contributed by atoms with E-state index in [1.807, 2.05) is 35.8 Å². The zero-order valence-electron chi connectivity index (χ0n) is 14.2. The molecule has 5 nitrogen and oxygen atoms in total. The summed E-state index contributed by atoms with van der Waals surface area (Å²) < 4.78 is 12.9. The molecule has 0 bridgehead atoms. The molecule has 0 spiro atoms. The van der Waals surface area contributed by atoms with Crippen LogP contribution in [0.15, 0.2) is 47.1 Å². The van der Waals surface area contributed by atoms with Crippen molar-refractivity contribution in [2.75, 3.05) is 6.61 Å². The lowest BCUT2D eigenvalue weighted by Gasteiger charge is -2.12. The molecule has 0 aliphatic heterocycles. The minimum atomic E-state index is -0.299. The van der Waals surface area contributed by atoms with Gasteiger partial charge in [0.25, 0.3) is 0 Å². The highest BCUT2D eigenvalue weighted by Crippen LogP contribution is 2.35. The molecule has 0 N–H and O–H groups in total. The molecule has 25 heavy (non-hydrogen) atoms. The third-order valence-electron chi connectivity index (χ3n) is 4.60. The van der Waals surface area contributed by atoms with E-state index in [1.54, 1.807) is 6.20 Å². The third-order valence-corrected chi connectivity index (χ3v) is 4.60. The number of aryl methyl sites for hydroxylation is 2. The van der Waals surface area contributed by atoms with Gasteiger partial charge in [0.15, 0.2) is 5.76 Å². The number of hydrogen-bond acceptors (Lipinski definition) is 4.